The zero-order valence-electron chi connectivity index (χ0n) is 9.65. The molecule has 3 heteroatoms. The molecule has 1 radical (unpaired) electrons. The summed E-state index contributed by atoms with van der Waals surface area (Å²) < 4.78 is 6.05. The molecule has 87 valence electrons. The average Bonchev–Trinajstić information content (AvgIpc) is 2.83. The molecule has 1 aromatic heterocycles. The molecule has 0 unspecified atom stereocenters. The van der Waals surface area contributed by atoms with E-state index in [4.69, 9.17) is 7.05 Å². The fourth-order valence-electron chi connectivity index (χ4n) is 1.92. The molecule has 2 nitrogen and oxygen atoms in total. The Morgan fingerprint density at radius 2 is 1.39 bits per heavy atom. The van der Waals surface area contributed by atoms with Crippen LogP contribution in [-0.4, -0.2) is 4.37 Å². The van der Waals surface area contributed by atoms with Gasteiger partial charge >= 0.3 is 0 Å². The molecule has 0 atom stereocenters. The zero-order chi connectivity index (χ0) is 12.4. The SMILES string of the molecule is [CH-][n+]1snc(-c2ccccc2)c1-c1ccccc1. The number of benzene rings is 2. The first-order valence-electron chi connectivity index (χ1n) is 5.64. The van der Waals surface area contributed by atoms with Crippen LogP contribution in [-0.2, 0) is 0 Å². The van der Waals surface area contributed by atoms with E-state index in [-0.39, 0.29) is 0 Å². The minimum Gasteiger partial charge on any atom is -0.310 e. The Kier molecular flexibility index (Phi) is 2.82. The first-order valence-corrected chi connectivity index (χ1v) is 6.37. The maximum absolute atomic E-state index is 5.98. The second-order valence-corrected chi connectivity index (χ2v) is 4.67. The predicted molar refractivity (Wildman–Crippen MR) is 72.9 cm³/mol. The minimum absolute atomic E-state index is 0.925. The molecule has 0 saturated heterocycles. The smallest absolute Gasteiger partial charge is 0.243 e. The van der Waals surface area contributed by atoms with Gasteiger partial charge in [0.05, 0.1) is 5.69 Å². The van der Waals surface area contributed by atoms with Crippen molar-refractivity contribution in [1.82, 2.24) is 4.37 Å². The van der Waals surface area contributed by atoms with Crippen molar-refractivity contribution in [3.63, 3.8) is 0 Å². The summed E-state index contributed by atoms with van der Waals surface area (Å²) >= 11 is 1.27. The Morgan fingerprint density at radius 3 is 2.00 bits per heavy atom. The highest BCUT2D eigenvalue weighted by Crippen LogP contribution is 2.28. The maximum atomic E-state index is 5.98. The minimum atomic E-state index is 0.925. The first-order chi connectivity index (χ1) is 8.86. The summed E-state index contributed by atoms with van der Waals surface area (Å²) in [6.45, 7) is 0. The fourth-order valence-corrected chi connectivity index (χ4v) is 2.55. The molecule has 0 aliphatic carbocycles. The summed E-state index contributed by atoms with van der Waals surface area (Å²) in [5.74, 6) is 0. The summed E-state index contributed by atoms with van der Waals surface area (Å²) in [6.07, 6.45) is 0. The van der Waals surface area contributed by atoms with E-state index >= 15 is 0 Å². The van der Waals surface area contributed by atoms with Crippen molar-refractivity contribution in [2.75, 3.05) is 0 Å². The molecule has 0 saturated carbocycles. The van der Waals surface area contributed by atoms with Crippen LogP contribution in [0, 0.1) is 7.05 Å². The van der Waals surface area contributed by atoms with Crippen LogP contribution >= 0.6 is 11.7 Å². The van der Waals surface area contributed by atoms with Crippen molar-refractivity contribution in [2.45, 2.75) is 0 Å². The third-order valence-electron chi connectivity index (χ3n) is 2.76. The summed E-state index contributed by atoms with van der Waals surface area (Å²) in [4.78, 5) is 0. The standard InChI is InChI=1S/C15H11N2S/c1-17-15(13-10-6-3-7-11-13)14(16-18-17)12-8-4-2-5-9-12/h1-11H. The Bertz CT molecular complexity index is 645. The monoisotopic (exact) mass is 251 g/mol. The van der Waals surface area contributed by atoms with Gasteiger partial charge in [-0.1, -0.05) is 73.3 Å². The molecule has 2 aromatic carbocycles. The summed E-state index contributed by atoms with van der Waals surface area (Å²) in [7, 11) is 5.98. The van der Waals surface area contributed by atoms with Crippen molar-refractivity contribution in [3.8, 4) is 22.5 Å². The Hall–Kier alpha value is -2.13. The van der Waals surface area contributed by atoms with E-state index in [1.165, 1.54) is 11.7 Å². The van der Waals surface area contributed by atoms with Gasteiger partial charge in [0.15, 0.2) is 5.69 Å². The molecule has 18 heavy (non-hydrogen) atoms. The Balaban J connectivity index is 2.19. The van der Waals surface area contributed by atoms with Gasteiger partial charge < -0.3 is 3.96 Å². The van der Waals surface area contributed by atoms with Crippen LogP contribution in [0.3, 0.4) is 0 Å². The van der Waals surface area contributed by atoms with E-state index in [0.717, 1.165) is 22.5 Å². The van der Waals surface area contributed by atoms with Crippen LogP contribution < -0.4 is 3.96 Å². The maximum Gasteiger partial charge on any atom is 0.243 e. The van der Waals surface area contributed by atoms with Gasteiger partial charge in [-0.2, -0.15) is 0 Å². The molecule has 0 spiro atoms. The van der Waals surface area contributed by atoms with E-state index < -0.39 is 0 Å². The number of hydrogen-bond acceptors (Lipinski definition) is 2. The largest absolute Gasteiger partial charge is 0.310 e. The number of aromatic nitrogens is 2. The summed E-state index contributed by atoms with van der Waals surface area (Å²) in [5, 5.41) is 0. The highest BCUT2D eigenvalue weighted by Gasteiger charge is 2.14. The molecule has 0 aliphatic rings. The van der Waals surface area contributed by atoms with Crippen molar-refractivity contribution in [2.24, 2.45) is 0 Å². The van der Waals surface area contributed by atoms with E-state index in [2.05, 4.69) is 4.37 Å². The van der Waals surface area contributed by atoms with Gasteiger partial charge in [-0.05, 0) is 0 Å². The number of nitrogens with zero attached hydrogens (tertiary/aromatic N) is 2. The van der Waals surface area contributed by atoms with Gasteiger partial charge in [-0.3, -0.25) is 0 Å². The summed E-state index contributed by atoms with van der Waals surface area (Å²) in [6, 6.07) is 20.2. The topological polar surface area (TPSA) is 16.8 Å². The Morgan fingerprint density at radius 1 is 0.833 bits per heavy atom. The highest BCUT2D eigenvalue weighted by molar-refractivity contribution is 6.95. The van der Waals surface area contributed by atoms with Crippen molar-refractivity contribution in [3.05, 3.63) is 67.7 Å². The number of rotatable bonds is 2. The van der Waals surface area contributed by atoms with Gasteiger partial charge in [0.25, 0.3) is 0 Å². The van der Waals surface area contributed by atoms with Crippen LogP contribution in [0.15, 0.2) is 60.7 Å². The molecule has 0 amide bonds. The lowest BCUT2D eigenvalue weighted by atomic mass is 10.1. The van der Waals surface area contributed by atoms with E-state index in [1.54, 1.807) is 3.96 Å². The molecular formula is C15H11N2S. The molecule has 0 N–H and O–H groups in total. The second-order valence-electron chi connectivity index (χ2n) is 3.93. The lowest BCUT2D eigenvalue weighted by Gasteiger charge is -2.06. The van der Waals surface area contributed by atoms with Crippen LogP contribution in [0.25, 0.3) is 22.5 Å². The lowest BCUT2D eigenvalue weighted by Crippen LogP contribution is -2.21. The predicted octanol–water partition coefficient (Wildman–Crippen LogP) is 3.28. The quantitative estimate of drug-likeness (QED) is 0.504. The van der Waals surface area contributed by atoms with E-state index in [1.807, 2.05) is 60.7 Å². The van der Waals surface area contributed by atoms with Crippen LogP contribution in [0.1, 0.15) is 0 Å². The summed E-state index contributed by atoms with van der Waals surface area (Å²) in [5.41, 5.74) is 4.03. The molecule has 3 rings (SSSR count). The van der Waals surface area contributed by atoms with Gasteiger partial charge in [0.1, 0.15) is 0 Å². The molecule has 0 aliphatic heterocycles. The third kappa shape index (κ3) is 1.89. The van der Waals surface area contributed by atoms with Crippen LogP contribution in [0.2, 0.25) is 0 Å². The molecule has 0 bridgehead atoms. The molecule has 3 aromatic rings. The fraction of sp³-hybridized carbons (Fsp3) is 0. The zero-order valence-corrected chi connectivity index (χ0v) is 10.5. The molecule has 1 heterocycles. The van der Waals surface area contributed by atoms with Crippen LogP contribution in [0.5, 0.6) is 0 Å². The third-order valence-corrected chi connectivity index (χ3v) is 3.38. The average molecular weight is 251 g/mol. The van der Waals surface area contributed by atoms with Gasteiger partial charge in [-0.15, -0.1) is 0 Å². The van der Waals surface area contributed by atoms with Crippen molar-refractivity contribution in [1.29, 1.82) is 0 Å². The normalized spacial score (nSPS) is 10.4. The second kappa shape index (κ2) is 4.63. The van der Waals surface area contributed by atoms with Crippen molar-refractivity contribution >= 4 is 11.7 Å². The first kappa shape index (κ1) is 11.0. The molecule has 0 fully saturated rings. The van der Waals surface area contributed by atoms with Crippen molar-refractivity contribution < 1.29 is 3.96 Å². The van der Waals surface area contributed by atoms with Crippen LogP contribution in [0.4, 0.5) is 0 Å². The Labute approximate surface area is 110 Å². The van der Waals surface area contributed by atoms with E-state index in [9.17, 15) is 0 Å². The number of hydrogen-bond donors (Lipinski definition) is 0. The lowest BCUT2D eigenvalue weighted by molar-refractivity contribution is -0.525. The molecular weight excluding hydrogens is 240 g/mol. The van der Waals surface area contributed by atoms with Gasteiger partial charge in [-0.25, -0.2) is 0 Å². The van der Waals surface area contributed by atoms with Gasteiger partial charge in [0, 0.05) is 9.94 Å². The van der Waals surface area contributed by atoms with Gasteiger partial charge in [0.2, 0.25) is 11.7 Å². The highest BCUT2D eigenvalue weighted by atomic mass is 32.1. The van der Waals surface area contributed by atoms with E-state index in [0.29, 0.717) is 0 Å².